The number of carbonyl (C=O) groups excluding carboxylic acids is 2. The van der Waals surface area contributed by atoms with Gasteiger partial charge in [0.1, 0.15) is 9.71 Å². The third-order valence-electron chi connectivity index (χ3n) is 5.51. The Labute approximate surface area is 195 Å². The number of rotatable bonds is 5. The van der Waals surface area contributed by atoms with Gasteiger partial charge in [0, 0.05) is 37.3 Å². The minimum absolute atomic E-state index is 0.171. The van der Waals surface area contributed by atoms with Crippen molar-refractivity contribution < 1.29 is 22.7 Å². The van der Waals surface area contributed by atoms with Gasteiger partial charge in [0.05, 0.1) is 10.6 Å². The van der Waals surface area contributed by atoms with E-state index in [-0.39, 0.29) is 41.9 Å². The van der Waals surface area contributed by atoms with E-state index < -0.39 is 22.6 Å². The fraction of sp³-hybridized carbons (Fsp3) is 0.318. The lowest BCUT2D eigenvalue weighted by atomic mass is 10.1. The van der Waals surface area contributed by atoms with Crippen LogP contribution in [0.25, 0.3) is 10.2 Å². The number of hydrogen-bond donors (Lipinski definition) is 1. The average Bonchev–Trinajstić information content (AvgIpc) is 3.14. The molecular weight excluding hydrogens is 464 g/mol. The number of hydrogen-bond acceptors (Lipinski definition) is 8. The van der Waals surface area contributed by atoms with Crippen molar-refractivity contribution >= 4 is 49.1 Å². The second-order valence-corrected chi connectivity index (χ2v) is 10.7. The van der Waals surface area contributed by atoms with Crippen LogP contribution in [0.1, 0.15) is 20.9 Å². The molecule has 2 N–H and O–H groups in total. The molecule has 3 aromatic rings. The first-order valence-electron chi connectivity index (χ1n) is 10.3. The van der Waals surface area contributed by atoms with Crippen LogP contribution in [-0.2, 0) is 19.6 Å². The van der Waals surface area contributed by atoms with E-state index in [1.807, 2.05) is 19.9 Å². The molecule has 1 aliphatic rings. The molecule has 9 nitrogen and oxygen atoms in total. The van der Waals surface area contributed by atoms with Gasteiger partial charge in [-0.2, -0.15) is 4.31 Å². The highest BCUT2D eigenvalue weighted by Gasteiger charge is 2.30. The minimum Gasteiger partial charge on any atom is -0.451 e. The van der Waals surface area contributed by atoms with Crippen molar-refractivity contribution in [2.24, 2.45) is 0 Å². The number of aryl methyl sites for hydroxylation is 2. The molecule has 0 aliphatic carbocycles. The zero-order valence-electron chi connectivity index (χ0n) is 18.3. The van der Waals surface area contributed by atoms with Crippen molar-refractivity contribution in [3.63, 3.8) is 0 Å². The maximum Gasteiger partial charge on any atom is 0.351 e. The number of nitrogen functional groups attached to an aromatic ring is 1. The highest BCUT2D eigenvalue weighted by molar-refractivity contribution is 7.89. The van der Waals surface area contributed by atoms with Crippen molar-refractivity contribution in [1.82, 2.24) is 14.2 Å². The second kappa shape index (κ2) is 9.08. The van der Waals surface area contributed by atoms with E-state index in [1.54, 1.807) is 30.3 Å². The van der Waals surface area contributed by atoms with Crippen LogP contribution in [-0.4, -0.2) is 67.3 Å². The maximum atomic E-state index is 12.7. The van der Waals surface area contributed by atoms with Crippen molar-refractivity contribution in [2.75, 3.05) is 38.5 Å². The van der Waals surface area contributed by atoms with Crippen LogP contribution in [0.5, 0.6) is 0 Å². The molecule has 0 atom stereocenters. The van der Waals surface area contributed by atoms with Gasteiger partial charge in [-0.1, -0.05) is 18.2 Å². The molecule has 1 saturated heterocycles. The Balaban J connectivity index is 1.36. The number of anilines is 1. The van der Waals surface area contributed by atoms with Crippen LogP contribution < -0.4 is 5.73 Å². The lowest BCUT2D eigenvalue weighted by molar-refractivity contribution is -0.135. The first-order valence-corrected chi connectivity index (χ1v) is 12.6. The summed E-state index contributed by atoms with van der Waals surface area (Å²) in [6, 6.07) is 10.1. The first kappa shape index (κ1) is 23.1. The van der Waals surface area contributed by atoms with Gasteiger partial charge in [-0.15, -0.1) is 11.3 Å². The third kappa shape index (κ3) is 4.56. The minimum atomic E-state index is -3.61. The lowest BCUT2D eigenvalue weighted by Crippen LogP contribution is -2.51. The number of benzene rings is 1. The van der Waals surface area contributed by atoms with E-state index in [4.69, 9.17) is 10.5 Å². The van der Waals surface area contributed by atoms with Gasteiger partial charge in [-0.25, -0.2) is 18.2 Å². The fourth-order valence-electron chi connectivity index (χ4n) is 3.82. The molecule has 0 bridgehead atoms. The summed E-state index contributed by atoms with van der Waals surface area (Å²) in [6.07, 6.45) is 0. The van der Waals surface area contributed by atoms with Crippen molar-refractivity contribution in [3.8, 4) is 0 Å². The molecule has 0 unspecified atom stereocenters. The summed E-state index contributed by atoms with van der Waals surface area (Å²) in [7, 11) is -3.61. The molecule has 1 fully saturated rings. The molecule has 11 heteroatoms. The largest absolute Gasteiger partial charge is 0.451 e. The van der Waals surface area contributed by atoms with E-state index in [9.17, 15) is 18.0 Å². The first-order chi connectivity index (χ1) is 15.7. The summed E-state index contributed by atoms with van der Waals surface area (Å²) in [4.78, 5) is 32.1. The molecule has 33 heavy (non-hydrogen) atoms. The Hall–Kier alpha value is -3.02. The number of amides is 1. The molecule has 0 radical (unpaired) electrons. The van der Waals surface area contributed by atoms with Gasteiger partial charge in [0.25, 0.3) is 5.91 Å². The van der Waals surface area contributed by atoms with Gasteiger partial charge in [-0.3, -0.25) is 4.79 Å². The summed E-state index contributed by atoms with van der Waals surface area (Å²) in [5, 5.41) is 0.722. The Bertz CT molecular complexity index is 1310. The number of nitrogens with two attached hydrogens (primary N) is 1. The predicted molar refractivity (Wildman–Crippen MR) is 126 cm³/mol. The lowest BCUT2D eigenvalue weighted by Gasteiger charge is -2.33. The second-order valence-electron chi connectivity index (χ2n) is 7.78. The fourth-order valence-corrected chi connectivity index (χ4v) is 6.38. The molecule has 3 heterocycles. The molecule has 174 valence electrons. The highest BCUT2D eigenvalue weighted by Crippen LogP contribution is 2.35. The van der Waals surface area contributed by atoms with Crippen molar-refractivity contribution in [2.45, 2.75) is 18.7 Å². The van der Waals surface area contributed by atoms with E-state index in [0.717, 1.165) is 28.0 Å². The summed E-state index contributed by atoms with van der Waals surface area (Å²) in [6.45, 7) is 4.10. The topological polar surface area (TPSA) is 123 Å². The molecule has 1 aromatic carbocycles. The molecule has 4 rings (SSSR count). The molecular formula is C22H24N4O5S2. The van der Waals surface area contributed by atoms with Crippen LogP contribution in [0.15, 0.2) is 41.3 Å². The summed E-state index contributed by atoms with van der Waals surface area (Å²) < 4.78 is 32.0. The number of ether oxygens (including phenoxy) is 1. The van der Waals surface area contributed by atoms with Crippen LogP contribution in [0.4, 0.5) is 5.69 Å². The quantitative estimate of drug-likeness (QED) is 0.546. The normalized spacial score (nSPS) is 15.0. The van der Waals surface area contributed by atoms with Gasteiger partial charge in [-0.05, 0) is 37.6 Å². The number of sulfonamides is 1. The number of carbonyl (C=O) groups is 2. The number of fused-ring (bicyclic) bond motifs is 1. The van der Waals surface area contributed by atoms with Crippen molar-refractivity contribution in [1.29, 1.82) is 0 Å². The van der Waals surface area contributed by atoms with Crippen LogP contribution in [0.2, 0.25) is 0 Å². The van der Waals surface area contributed by atoms with Gasteiger partial charge >= 0.3 is 5.97 Å². The van der Waals surface area contributed by atoms with Crippen molar-refractivity contribution in [3.05, 3.63) is 52.5 Å². The summed E-state index contributed by atoms with van der Waals surface area (Å²) >= 11 is 1.14. The average molecular weight is 489 g/mol. The third-order valence-corrected chi connectivity index (χ3v) is 8.50. The highest BCUT2D eigenvalue weighted by atomic mass is 32.2. The van der Waals surface area contributed by atoms with Crippen LogP contribution in [0, 0.1) is 13.8 Å². The standard InChI is InChI=1S/C22H24N4O5S2/c1-14-12-15(2)24-21-18(14)19(23)20(32-21)22(28)31-13-17(27)25-8-10-26(11-9-25)33(29,30)16-6-4-3-5-7-16/h3-7,12H,8-11,13,23H2,1-2H3. The number of esters is 1. The Morgan fingerprint density at radius 1 is 1.12 bits per heavy atom. The van der Waals surface area contributed by atoms with E-state index in [0.29, 0.717) is 10.5 Å². The number of nitrogens with zero attached hydrogens (tertiary/aromatic N) is 3. The monoisotopic (exact) mass is 488 g/mol. The van der Waals surface area contributed by atoms with Crippen LogP contribution >= 0.6 is 11.3 Å². The van der Waals surface area contributed by atoms with Gasteiger partial charge < -0.3 is 15.4 Å². The zero-order valence-corrected chi connectivity index (χ0v) is 19.9. The van der Waals surface area contributed by atoms with E-state index >= 15 is 0 Å². The van der Waals surface area contributed by atoms with E-state index in [1.165, 1.54) is 9.21 Å². The molecule has 0 spiro atoms. The van der Waals surface area contributed by atoms with Gasteiger partial charge in [0.15, 0.2) is 6.61 Å². The van der Waals surface area contributed by atoms with Crippen LogP contribution in [0.3, 0.4) is 0 Å². The molecule has 2 aromatic heterocycles. The Morgan fingerprint density at radius 3 is 2.45 bits per heavy atom. The Morgan fingerprint density at radius 2 is 1.79 bits per heavy atom. The van der Waals surface area contributed by atoms with Gasteiger partial charge in [0.2, 0.25) is 10.0 Å². The predicted octanol–water partition coefficient (Wildman–Crippen LogP) is 2.19. The number of thiophene rings is 1. The maximum absolute atomic E-state index is 12.7. The summed E-state index contributed by atoms with van der Waals surface area (Å²) in [5.74, 6) is -1.06. The molecule has 1 amide bonds. The summed E-state index contributed by atoms with van der Waals surface area (Å²) in [5.41, 5.74) is 8.20. The molecule has 0 saturated carbocycles. The number of aromatic nitrogens is 1. The molecule has 1 aliphatic heterocycles. The smallest absolute Gasteiger partial charge is 0.351 e. The zero-order chi connectivity index (χ0) is 23.8. The Kier molecular flexibility index (Phi) is 6.37. The number of pyridine rings is 1. The van der Waals surface area contributed by atoms with E-state index in [2.05, 4.69) is 4.98 Å². The SMILES string of the molecule is Cc1cc(C)c2c(N)c(C(=O)OCC(=O)N3CCN(S(=O)(=O)c4ccccc4)CC3)sc2n1. The number of piperazine rings is 1.